The topological polar surface area (TPSA) is 66.3 Å². The number of piperazine rings is 1. The molecular formula is C35H50N6OSi. The average molecular weight is 599 g/mol. The van der Waals surface area contributed by atoms with Crippen molar-refractivity contribution in [1.82, 2.24) is 19.4 Å². The summed E-state index contributed by atoms with van der Waals surface area (Å²) in [5.41, 5.74) is 8.94. The van der Waals surface area contributed by atoms with Crippen molar-refractivity contribution in [1.29, 1.82) is 0 Å². The van der Waals surface area contributed by atoms with E-state index in [9.17, 15) is 4.79 Å². The van der Waals surface area contributed by atoms with Crippen LogP contribution in [-0.2, 0) is 6.54 Å². The Labute approximate surface area is 259 Å². The number of anilines is 3. The van der Waals surface area contributed by atoms with Gasteiger partial charge in [-0.15, -0.1) is 5.54 Å². The normalized spacial score (nSPS) is 16.8. The molecule has 2 fully saturated rings. The second kappa shape index (κ2) is 13.2. The molecule has 230 valence electrons. The van der Waals surface area contributed by atoms with Gasteiger partial charge < -0.3 is 15.1 Å². The number of pyridine rings is 1. The minimum atomic E-state index is -1.97. The SMILES string of the molecule is CC(C)[Si](C#Cc1cc(=O)n(CC2CCCC2)c2nc(Nc3ccc(N4CCN(C)CC4)cc3)ncc12)(C(C)C)C(C)C. The van der Waals surface area contributed by atoms with E-state index in [0.29, 0.717) is 40.7 Å². The van der Waals surface area contributed by atoms with E-state index >= 15 is 0 Å². The third kappa shape index (κ3) is 6.68. The van der Waals surface area contributed by atoms with E-state index in [1.54, 1.807) is 6.07 Å². The van der Waals surface area contributed by atoms with Gasteiger partial charge in [0.1, 0.15) is 13.7 Å². The highest BCUT2D eigenvalue weighted by Crippen LogP contribution is 2.41. The first kappa shape index (κ1) is 31.3. The number of nitrogens with zero attached hydrogens (tertiary/aromatic N) is 5. The maximum absolute atomic E-state index is 13.7. The average Bonchev–Trinajstić information content (AvgIpc) is 3.49. The third-order valence-electron chi connectivity index (χ3n) is 10.0. The van der Waals surface area contributed by atoms with Crippen molar-refractivity contribution in [3.8, 4) is 11.5 Å². The number of likely N-dealkylation sites (N-methyl/N-ethyl adjacent to an activating group) is 1. The molecule has 8 heteroatoms. The van der Waals surface area contributed by atoms with Gasteiger partial charge in [0.05, 0.1) is 5.39 Å². The van der Waals surface area contributed by atoms with Crippen molar-refractivity contribution in [2.75, 3.05) is 43.4 Å². The minimum Gasteiger partial charge on any atom is -0.369 e. The lowest BCUT2D eigenvalue weighted by Crippen LogP contribution is -2.44. The first-order valence-electron chi connectivity index (χ1n) is 16.3. The zero-order chi connectivity index (χ0) is 30.7. The maximum atomic E-state index is 13.7. The van der Waals surface area contributed by atoms with Crippen LogP contribution in [-0.4, -0.2) is 60.7 Å². The smallest absolute Gasteiger partial charge is 0.253 e. The highest BCUT2D eigenvalue weighted by Gasteiger charge is 2.41. The Hall–Kier alpha value is -3.15. The van der Waals surface area contributed by atoms with Crippen molar-refractivity contribution < 1.29 is 0 Å². The van der Waals surface area contributed by atoms with Crippen LogP contribution in [0.1, 0.15) is 72.8 Å². The molecule has 1 aromatic carbocycles. The van der Waals surface area contributed by atoms with Crippen LogP contribution in [0.15, 0.2) is 41.3 Å². The van der Waals surface area contributed by atoms with Crippen LogP contribution in [0.2, 0.25) is 16.6 Å². The van der Waals surface area contributed by atoms with E-state index in [2.05, 4.69) is 99.4 Å². The number of aromatic nitrogens is 3. The van der Waals surface area contributed by atoms with Crippen molar-refractivity contribution in [3.63, 3.8) is 0 Å². The number of fused-ring (bicyclic) bond motifs is 1. The van der Waals surface area contributed by atoms with Crippen LogP contribution < -0.4 is 15.8 Å². The van der Waals surface area contributed by atoms with Crippen molar-refractivity contribution >= 4 is 36.4 Å². The summed E-state index contributed by atoms with van der Waals surface area (Å²) in [5, 5.41) is 4.26. The number of rotatable bonds is 8. The largest absolute Gasteiger partial charge is 0.369 e. The molecule has 1 saturated carbocycles. The molecular weight excluding hydrogens is 549 g/mol. The molecule has 43 heavy (non-hydrogen) atoms. The van der Waals surface area contributed by atoms with Gasteiger partial charge in [0, 0.05) is 61.9 Å². The third-order valence-corrected chi connectivity index (χ3v) is 16.3. The quantitative estimate of drug-likeness (QED) is 0.222. The van der Waals surface area contributed by atoms with Gasteiger partial charge >= 0.3 is 0 Å². The van der Waals surface area contributed by atoms with Gasteiger partial charge in [-0.25, -0.2) is 4.98 Å². The predicted molar refractivity (Wildman–Crippen MR) is 183 cm³/mol. The van der Waals surface area contributed by atoms with E-state index in [1.807, 2.05) is 10.8 Å². The molecule has 1 saturated heterocycles. The fourth-order valence-electron chi connectivity index (χ4n) is 7.50. The zero-order valence-corrected chi connectivity index (χ0v) is 28.3. The number of nitrogens with one attached hydrogen (secondary N) is 1. The lowest BCUT2D eigenvalue weighted by atomic mass is 10.1. The molecule has 0 radical (unpaired) electrons. The molecule has 1 N–H and O–H groups in total. The van der Waals surface area contributed by atoms with Gasteiger partial charge in [0.15, 0.2) is 0 Å². The highest BCUT2D eigenvalue weighted by molar-refractivity contribution is 6.90. The molecule has 5 rings (SSSR count). The highest BCUT2D eigenvalue weighted by atomic mass is 28.3. The van der Waals surface area contributed by atoms with E-state index in [0.717, 1.165) is 55.7 Å². The van der Waals surface area contributed by atoms with E-state index in [4.69, 9.17) is 9.97 Å². The van der Waals surface area contributed by atoms with Crippen LogP contribution in [0, 0.1) is 17.4 Å². The number of hydrogen-bond donors (Lipinski definition) is 1. The second-order valence-corrected chi connectivity index (χ2v) is 19.3. The zero-order valence-electron chi connectivity index (χ0n) is 27.3. The molecule has 2 aromatic heterocycles. The van der Waals surface area contributed by atoms with Crippen LogP contribution in [0.3, 0.4) is 0 Å². The molecule has 0 amide bonds. The monoisotopic (exact) mass is 598 g/mol. The molecule has 0 atom stereocenters. The van der Waals surface area contributed by atoms with Gasteiger partial charge in [-0.05, 0) is 66.7 Å². The first-order chi connectivity index (χ1) is 20.6. The van der Waals surface area contributed by atoms with E-state index < -0.39 is 8.07 Å². The molecule has 3 heterocycles. The summed E-state index contributed by atoms with van der Waals surface area (Å²) >= 11 is 0. The Bertz CT molecular complexity index is 1500. The second-order valence-electron chi connectivity index (χ2n) is 13.7. The number of benzene rings is 1. The summed E-state index contributed by atoms with van der Waals surface area (Å²) in [6.07, 6.45) is 6.66. The molecule has 0 unspecified atom stereocenters. The Morgan fingerprint density at radius 3 is 2.19 bits per heavy atom. The Morgan fingerprint density at radius 2 is 1.58 bits per heavy atom. The van der Waals surface area contributed by atoms with Crippen LogP contribution >= 0.6 is 0 Å². The van der Waals surface area contributed by atoms with Gasteiger partial charge in [-0.1, -0.05) is 60.3 Å². The molecule has 1 aliphatic carbocycles. The summed E-state index contributed by atoms with van der Waals surface area (Å²) in [6.45, 7) is 18.8. The Balaban J connectivity index is 1.51. The predicted octanol–water partition coefficient (Wildman–Crippen LogP) is 7.05. The molecule has 0 spiro atoms. The molecule has 3 aromatic rings. The van der Waals surface area contributed by atoms with Gasteiger partial charge in [-0.3, -0.25) is 9.36 Å². The minimum absolute atomic E-state index is 0.0178. The van der Waals surface area contributed by atoms with Crippen LogP contribution in [0.25, 0.3) is 11.0 Å². The van der Waals surface area contributed by atoms with E-state index in [-0.39, 0.29) is 5.56 Å². The maximum Gasteiger partial charge on any atom is 0.253 e. The molecule has 1 aliphatic heterocycles. The Kier molecular flexibility index (Phi) is 9.62. The Morgan fingerprint density at radius 1 is 0.953 bits per heavy atom. The van der Waals surface area contributed by atoms with E-state index in [1.165, 1.54) is 18.5 Å². The van der Waals surface area contributed by atoms with Gasteiger partial charge in [0.2, 0.25) is 5.95 Å². The summed E-state index contributed by atoms with van der Waals surface area (Å²) < 4.78 is 1.87. The van der Waals surface area contributed by atoms with Crippen molar-refractivity contribution in [2.24, 2.45) is 5.92 Å². The van der Waals surface area contributed by atoms with Crippen LogP contribution in [0.4, 0.5) is 17.3 Å². The van der Waals surface area contributed by atoms with Crippen molar-refractivity contribution in [3.05, 3.63) is 52.4 Å². The molecule has 7 nitrogen and oxygen atoms in total. The standard InChI is InChI=1S/C35H50N6OSi/c1-25(2)43(26(3)4,27(5)6)21-16-29-22-33(42)41(24-28-10-8-9-11-28)34-32(29)23-36-35(38-34)37-30-12-14-31(15-13-30)40-19-17-39(7)18-20-40/h12-15,22-23,25-28H,8-11,17-20,24H2,1-7H3,(H,36,37,38). The first-order valence-corrected chi connectivity index (χ1v) is 18.6. The summed E-state index contributed by atoms with van der Waals surface area (Å²) in [5.74, 6) is 4.54. The van der Waals surface area contributed by atoms with Crippen molar-refractivity contribution in [2.45, 2.75) is 90.4 Å². The summed E-state index contributed by atoms with van der Waals surface area (Å²) in [7, 11) is 0.205. The van der Waals surface area contributed by atoms with Gasteiger partial charge in [0.25, 0.3) is 5.56 Å². The fraction of sp³-hybridized carbons (Fsp3) is 0.571. The lowest BCUT2D eigenvalue weighted by molar-refractivity contribution is 0.313. The number of hydrogen-bond acceptors (Lipinski definition) is 6. The van der Waals surface area contributed by atoms with Gasteiger partial charge in [-0.2, -0.15) is 4.98 Å². The molecule has 0 bridgehead atoms. The summed E-state index contributed by atoms with van der Waals surface area (Å²) in [4.78, 5) is 28.2. The lowest BCUT2D eigenvalue weighted by Gasteiger charge is -2.38. The fourth-order valence-corrected chi connectivity index (χ4v) is 12.7. The molecule has 2 aliphatic rings. The summed E-state index contributed by atoms with van der Waals surface area (Å²) in [6, 6.07) is 10.2. The van der Waals surface area contributed by atoms with Crippen LogP contribution in [0.5, 0.6) is 0 Å².